The maximum Gasteiger partial charge on any atom is 0.269 e. The summed E-state index contributed by atoms with van der Waals surface area (Å²) in [6, 6.07) is 6.47. The normalized spacial score (nSPS) is 13.8. The fourth-order valence-corrected chi connectivity index (χ4v) is 2.47. The molecule has 0 unspecified atom stereocenters. The highest BCUT2D eigenvalue weighted by molar-refractivity contribution is 5.95. The number of hydrogen-bond donors (Lipinski definition) is 1. The molecule has 1 aromatic carbocycles. The first-order valence-corrected chi connectivity index (χ1v) is 7.72. The van der Waals surface area contributed by atoms with Crippen molar-refractivity contribution in [2.24, 2.45) is 0 Å². The third kappa shape index (κ3) is 3.23. The maximum absolute atomic E-state index is 12.3. The minimum absolute atomic E-state index is 0.0321. The SMILES string of the molecule is CCCc1c(C(=O)NC2CC2)cnn1-c1ccc([N+](=O)[O-])cc1. The van der Waals surface area contributed by atoms with E-state index in [1.807, 2.05) is 6.92 Å². The monoisotopic (exact) mass is 314 g/mol. The number of amides is 1. The molecule has 1 aliphatic carbocycles. The lowest BCUT2D eigenvalue weighted by atomic mass is 10.1. The van der Waals surface area contributed by atoms with E-state index in [0.29, 0.717) is 23.7 Å². The summed E-state index contributed by atoms with van der Waals surface area (Å²) in [5.74, 6) is -0.0934. The summed E-state index contributed by atoms with van der Waals surface area (Å²) >= 11 is 0. The van der Waals surface area contributed by atoms with Crippen molar-refractivity contribution in [1.29, 1.82) is 0 Å². The second-order valence-electron chi connectivity index (χ2n) is 5.69. The zero-order valence-corrected chi connectivity index (χ0v) is 12.9. The molecule has 1 saturated carbocycles. The summed E-state index contributed by atoms with van der Waals surface area (Å²) in [6.07, 6.45) is 5.23. The predicted molar refractivity (Wildman–Crippen MR) is 84.7 cm³/mol. The summed E-state index contributed by atoms with van der Waals surface area (Å²) in [5.41, 5.74) is 2.16. The number of carbonyl (C=O) groups excluding carboxylic acids is 1. The van der Waals surface area contributed by atoms with E-state index in [0.717, 1.165) is 25.0 Å². The van der Waals surface area contributed by atoms with E-state index in [4.69, 9.17) is 0 Å². The molecule has 1 heterocycles. The van der Waals surface area contributed by atoms with Gasteiger partial charge in [0.05, 0.1) is 28.1 Å². The van der Waals surface area contributed by atoms with E-state index in [1.54, 1.807) is 23.0 Å². The Bertz CT molecular complexity index is 732. The van der Waals surface area contributed by atoms with E-state index in [-0.39, 0.29) is 11.6 Å². The molecule has 0 aliphatic heterocycles. The number of carbonyl (C=O) groups is 1. The highest BCUT2D eigenvalue weighted by Crippen LogP contribution is 2.22. The number of aromatic nitrogens is 2. The zero-order chi connectivity index (χ0) is 16.4. The van der Waals surface area contributed by atoms with Crippen LogP contribution in [0, 0.1) is 10.1 Å². The molecular weight excluding hydrogens is 296 g/mol. The summed E-state index contributed by atoms with van der Waals surface area (Å²) in [6.45, 7) is 2.04. The van der Waals surface area contributed by atoms with Crippen LogP contribution in [0.4, 0.5) is 5.69 Å². The van der Waals surface area contributed by atoms with Gasteiger partial charge in [0.2, 0.25) is 0 Å². The van der Waals surface area contributed by atoms with Gasteiger partial charge < -0.3 is 5.32 Å². The molecule has 2 aromatic rings. The summed E-state index contributed by atoms with van der Waals surface area (Å²) < 4.78 is 1.69. The Labute approximate surface area is 133 Å². The van der Waals surface area contributed by atoms with Gasteiger partial charge >= 0.3 is 0 Å². The molecule has 0 radical (unpaired) electrons. The Hall–Kier alpha value is -2.70. The molecule has 1 aromatic heterocycles. The van der Waals surface area contributed by atoms with Gasteiger partial charge in [-0.1, -0.05) is 13.3 Å². The molecule has 0 saturated heterocycles. The molecule has 0 atom stereocenters. The van der Waals surface area contributed by atoms with Gasteiger partial charge in [-0.2, -0.15) is 5.10 Å². The van der Waals surface area contributed by atoms with E-state index >= 15 is 0 Å². The highest BCUT2D eigenvalue weighted by Gasteiger charge is 2.26. The van der Waals surface area contributed by atoms with Crippen LogP contribution in [0.25, 0.3) is 5.69 Å². The van der Waals surface area contributed by atoms with E-state index < -0.39 is 4.92 Å². The Kier molecular flexibility index (Phi) is 4.10. The number of benzene rings is 1. The smallest absolute Gasteiger partial charge is 0.269 e. The van der Waals surface area contributed by atoms with Crippen LogP contribution >= 0.6 is 0 Å². The number of nitro benzene ring substituents is 1. The standard InChI is InChI=1S/C16H18N4O3/c1-2-3-15-14(16(21)18-11-4-5-11)10-17-19(15)12-6-8-13(9-7-12)20(22)23/h6-11H,2-5H2,1H3,(H,18,21). The van der Waals surface area contributed by atoms with Crippen LogP contribution in [0.3, 0.4) is 0 Å². The van der Waals surface area contributed by atoms with Gasteiger partial charge in [0.15, 0.2) is 0 Å². The van der Waals surface area contributed by atoms with Crippen molar-refractivity contribution in [3.05, 3.63) is 51.8 Å². The van der Waals surface area contributed by atoms with Crippen LogP contribution in [0.5, 0.6) is 0 Å². The largest absolute Gasteiger partial charge is 0.349 e. The van der Waals surface area contributed by atoms with Crippen LogP contribution in [-0.2, 0) is 6.42 Å². The maximum atomic E-state index is 12.3. The third-order valence-electron chi connectivity index (χ3n) is 3.82. The number of nitrogens with one attached hydrogen (secondary N) is 1. The number of hydrogen-bond acceptors (Lipinski definition) is 4. The minimum atomic E-state index is -0.436. The second-order valence-corrected chi connectivity index (χ2v) is 5.69. The first kappa shape index (κ1) is 15.2. The molecule has 1 aliphatic rings. The molecule has 23 heavy (non-hydrogen) atoms. The summed E-state index contributed by atoms with van der Waals surface area (Å²) in [4.78, 5) is 22.6. The van der Waals surface area contributed by atoms with Crippen molar-refractivity contribution in [3.63, 3.8) is 0 Å². The minimum Gasteiger partial charge on any atom is -0.349 e. The van der Waals surface area contributed by atoms with Gasteiger partial charge in [-0.05, 0) is 31.4 Å². The van der Waals surface area contributed by atoms with E-state index in [9.17, 15) is 14.9 Å². The number of non-ortho nitro benzene ring substituents is 1. The van der Waals surface area contributed by atoms with Crippen LogP contribution in [0.1, 0.15) is 42.2 Å². The first-order chi connectivity index (χ1) is 11.1. The Morgan fingerprint density at radius 2 is 2.09 bits per heavy atom. The van der Waals surface area contributed by atoms with Gasteiger partial charge in [-0.15, -0.1) is 0 Å². The lowest BCUT2D eigenvalue weighted by Crippen LogP contribution is -2.26. The lowest BCUT2D eigenvalue weighted by molar-refractivity contribution is -0.384. The second kappa shape index (κ2) is 6.20. The topological polar surface area (TPSA) is 90.1 Å². The number of rotatable bonds is 6. The lowest BCUT2D eigenvalue weighted by Gasteiger charge is -2.09. The Morgan fingerprint density at radius 1 is 1.39 bits per heavy atom. The molecule has 3 rings (SSSR count). The fraction of sp³-hybridized carbons (Fsp3) is 0.375. The molecule has 1 fully saturated rings. The average Bonchev–Trinajstić information content (AvgIpc) is 3.25. The quantitative estimate of drug-likeness (QED) is 0.655. The van der Waals surface area contributed by atoms with Gasteiger partial charge in [-0.3, -0.25) is 14.9 Å². The fourth-order valence-electron chi connectivity index (χ4n) is 2.47. The summed E-state index contributed by atoms with van der Waals surface area (Å²) in [5, 5.41) is 18.0. The van der Waals surface area contributed by atoms with Crippen molar-refractivity contribution in [2.45, 2.75) is 38.6 Å². The molecule has 7 heteroatoms. The van der Waals surface area contributed by atoms with Crippen molar-refractivity contribution < 1.29 is 9.72 Å². The molecular formula is C16H18N4O3. The predicted octanol–water partition coefficient (Wildman–Crippen LogP) is 2.63. The van der Waals surface area contributed by atoms with E-state index in [2.05, 4.69) is 10.4 Å². The molecule has 0 bridgehead atoms. The van der Waals surface area contributed by atoms with Gasteiger partial charge in [0.25, 0.3) is 11.6 Å². The molecule has 120 valence electrons. The van der Waals surface area contributed by atoms with Crippen LogP contribution < -0.4 is 5.32 Å². The van der Waals surface area contributed by atoms with Gasteiger partial charge in [-0.25, -0.2) is 4.68 Å². The third-order valence-corrected chi connectivity index (χ3v) is 3.82. The Morgan fingerprint density at radius 3 is 2.65 bits per heavy atom. The first-order valence-electron chi connectivity index (χ1n) is 7.72. The van der Waals surface area contributed by atoms with Crippen molar-refractivity contribution >= 4 is 11.6 Å². The zero-order valence-electron chi connectivity index (χ0n) is 12.9. The average molecular weight is 314 g/mol. The summed E-state index contributed by atoms with van der Waals surface area (Å²) in [7, 11) is 0. The van der Waals surface area contributed by atoms with E-state index in [1.165, 1.54) is 12.1 Å². The van der Waals surface area contributed by atoms with Gasteiger partial charge in [0.1, 0.15) is 0 Å². The van der Waals surface area contributed by atoms with Gasteiger partial charge in [0, 0.05) is 18.2 Å². The molecule has 7 nitrogen and oxygen atoms in total. The van der Waals surface area contributed by atoms with Crippen molar-refractivity contribution in [3.8, 4) is 5.69 Å². The number of nitrogens with zero attached hydrogens (tertiary/aromatic N) is 3. The molecule has 1 amide bonds. The van der Waals surface area contributed by atoms with Crippen molar-refractivity contribution in [1.82, 2.24) is 15.1 Å². The van der Waals surface area contributed by atoms with Crippen LogP contribution in [0.2, 0.25) is 0 Å². The van der Waals surface area contributed by atoms with Crippen LogP contribution in [0.15, 0.2) is 30.5 Å². The van der Waals surface area contributed by atoms with Crippen LogP contribution in [-0.4, -0.2) is 26.7 Å². The molecule has 0 spiro atoms. The Balaban J connectivity index is 1.92. The van der Waals surface area contributed by atoms with Crippen molar-refractivity contribution in [2.75, 3.05) is 0 Å². The highest BCUT2D eigenvalue weighted by atomic mass is 16.6. The molecule has 1 N–H and O–H groups in total. The number of nitro groups is 1.